The molecule has 0 unspecified atom stereocenters. The Bertz CT molecular complexity index is 614. The van der Waals surface area contributed by atoms with Crippen LogP contribution in [-0.2, 0) is 6.54 Å². The van der Waals surface area contributed by atoms with Crippen LogP contribution in [0.5, 0.6) is 11.5 Å². The molecule has 2 aromatic carbocycles. The number of ether oxygens (including phenoxy) is 2. The van der Waals surface area contributed by atoms with Gasteiger partial charge >= 0.3 is 0 Å². The van der Waals surface area contributed by atoms with Crippen molar-refractivity contribution in [3.63, 3.8) is 0 Å². The molecule has 2 aromatic rings. The third-order valence-corrected chi connectivity index (χ3v) is 3.31. The molecule has 0 aromatic heterocycles. The fourth-order valence-corrected chi connectivity index (χ4v) is 2.18. The van der Waals surface area contributed by atoms with E-state index in [0.29, 0.717) is 29.2 Å². The molecule has 0 spiro atoms. The lowest BCUT2D eigenvalue weighted by molar-refractivity contribution is 0.395. The van der Waals surface area contributed by atoms with E-state index in [4.69, 9.17) is 9.47 Å². The predicted octanol–water partition coefficient (Wildman–Crippen LogP) is 3.62. The average molecular weight is 289 g/mol. The van der Waals surface area contributed by atoms with Crippen molar-refractivity contribution < 1.29 is 13.9 Å². The van der Waals surface area contributed by atoms with Crippen molar-refractivity contribution >= 4 is 0 Å². The lowest BCUT2D eigenvalue weighted by Crippen LogP contribution is -2.11. The summed E-state index contributed by atoms with van der Waals surface area (Å²) in [6, 6.07) is 10.6. The van der Waals surface area contributed by atoms with E-state index in [-0.39, 0.29) is 5.82 Å². The van der Waals surface area contributed by atoms with Crippen LogP contribution in [-0.4, -0.2) is 20.8 Å². The summed E-state index contributed by atoms with van der Waals surface area (Å²) < 4.78 is 24.8. The smallest absolute Gasteiger partial charge is 0.131 e. The fraction of sp³-hybridized carbons (Fsp3) is 0.294. The monoisotopic (exact) mass is 289 g/mol. The number of methoxy groups -OCH3 is 2. The van der Waals surface area contributed by atoms with Crippen molar-refractivity contribution in [1.82, 2.24) is 5.32 Å². The zero-order valence-electron chi connectivity index (χ0n) is 12.6. The van der Waals surface area contributed by atoms with Crippen LogP contribution in [0.25, 0.3) is 11.1 Å². The van der Waals surface area contributed by atoms with E-state index < -0.39 is 0 Å². The van der Waals surface area contributed by atoms with Gasteiger partial charge in [0.15, 0.2) is 0 Å². The Hall–Kier alpha value is -2.07. The first-order valence-corrected chi connectivity index (χ1v) is 6.91. The van der Waals surface area contributed by atoms with E-state index in [0.717, 1.165) is 12.1 Å². The fourth-order valence-electron chi connectivity index (χ4n) is 2.18. The first kappa shape index (κ1) is 15.3. The number of nitrogens with one attached hydrogen (secondary N) is 1. The highest BCUT2D eigenvalue weighted by molar-refractivity contribution is 5.72. The first-order valence-electron chi connectivity index (χ1n) is 6.91. The average Bonchev–Trinajstić information content (AvgIpc) is 2.52. The highest BCUT2D eigenvalue weighted by atomic mass is 19.1. The van der Waals surface area contributed by atoms with Gasteiger partial charge in [-0.15, -0.1) is 0 Å². The topological polar surface area (TPSA) is 30.5 Å². The molecule has 0 aliphatic carbocycles. The molecule has 0 fully saturated rings. The van der Waals surface area contributed by atoms with Gasteiger partial charge in [0.05, 0.1) is 14.2 Å². The molecule has 2 rings (SSSR count). The summed E-state index contributed by atoms with van der Waals surface area (Å²) in [7, 11) is 3.15. The van der Waals surface area contributed by atoms with Gasteiger partial charge in [-0.05, 0) is 30.3 Å². The van der Waals surface area contributed by atoms with Crippen molar-refractivity contribution in [2.45, 2.75) is 13.5 Å². The van der Waals surface area contributed by atoms with E-state index in [1.165, 1.54) is 0 Å². The number of hydrogen-bond donors (Lipinski definition) is 1. The van der Waals surface area contributed by atoms with Gasteiger partial charge in [-0.1, -0.05) is 19.1 Å². The third-order valence-electron chi connectivity index (χ3n) is 3.31. The molecule has 21 heavy (non-hydrogen) atoms. The number of rotatable bonds is 6. The lowest BCUT2D eigenvalue weighted by atomic mass is 10.0. The van der Waals surface area contributed by atoms with Gasteiger partial charge in [0.2, 0.25) is 0 Å². The second kappa shape index (κ2) is 7.09. The molecule has 0 saturated carbocycles. The molecular formula is C17H20FNO2. The molecular weight excluding hydrogens is 269 g/mol. The van der Waals surface area contributed by atoms with Crippen molar-refractivity contribution in [3.8, 4) is 22.6 Å². The van der Waals surface area contributed by atoms with Crippen LogP contribution in [0, 0.1) is 5.82 Å². The Balaban J connectivity index is 2.37. The van der Waals surface area contributed by atoms with Crippen molar-refractivity contribution in [2.75, 3.05) is 20.8 Å². The van der Waals surface area contributed by atoms with E-state index in [2.05, 4.69) is 5.32 Å². The van der Waals surface area contributed by atoms with Crippen LogP contribution in [0.1, 0.15) is 12.5 Å². The molecule has 0 amide bonds. The maximum absolute atomic E-state index is 14.3. The van der Waals surface area contributed by atoms with Crippen molar-refractivity contribution in [3.05, 3.63) is 47.8 Å². The Morgan fingerprint density at radius 2 is 1.76 bits per heavy atom. The Morgan fingerprint density at radius 3 is 2.38 bits per heavy atom. The zero-order chi connectivity index (χ0) is 15.2. The molecule has 0 aliphatic heterocycles. The van der Waals surface area contributed by atoms with E-state index in [1.807, 2.05) is 13.0 Å². The minimum Gasteiger partial charge on any atom is -0.497 e. The highest BCUT2D eigenvalue weighted by Crippen LogP contribution is 2.34. The van der Waals surface area contributed by atoms with Gasteiger partial charge < -0.3 is 14.8 Å². The molecule has 112 valence electrons. The van der Waals surface area contributed by atoms with Gasteiger partial charge in [0.1, 0.15) is 17.3 Å². The molecule has 1 N–H and O–H groups in total. The summed E-state index contributed by atoms with van der Waals surface area (Å²) in [5, 5.41) is 3.18. The zero-order valence-corrected chi connectivity index (χ0v) is 12.6. The van der Waals surface area contributed by atoms with Gasteiger partial charge in [0.25, 0.3) is 0 Å². The summed E-state index contributed by atoms with van der Waals surface area (Å²) >= 11 is 0. The Morgan fingerprint density at radius 1 is 1.00 bits per heavy atom. The molecule has 4 heteroatoms. The van der Waals surface area contributed by atoms with E-state index in [1.54, 1.807) is 44.6 Å². The van der Waals surface area contributed by atoms with Gasteiger partial charge in [0, 0.05) is 23.7 Å². The number of benzene rings is 2. The second-order valence-corrected chi connectivity index (χ2v) is 4.66. The quantitative estimate of drug-likeness (QED) is 0.881. The minimum absolute atomic E-state index is 0.256. The van der Waals surface area contributed by atoms with Crippen molar-refractivity contribution in [1.29, 1.82) is 0 Å². The number of halogens is 1. The Kier molecular flexibility index (Phi) is 5.17. The predicted molar refractivity (Wildman–Crippen MR) is 82.3 cm³/mol. The third kappa shape index (κ3) is 3.52. The summed E-state index contributed by atoms with van der Waals surface area (Å²) in [4.78, 5) is 0. The van der Waals surface area contributed by atoms with Gasteiger partial charge in [-0.3, -0.25) is 0 Å². The van der Waals surface area contributed by atoms with Crippen LogP contribution >= 0.6 is 0 Å². The molecule has 3 nitrogen and oxygen atoms in total. The van der Waals surface area contributed by atoms with E-state index in [9.17, 15) is 4.39 Å². The highest BCUT2D eigenvalue weighted by Gasteiger charge is 2.12. The van der Waals surface area contributed by atoms with Crippen molar-refractivity contribution in [2.24, 2.45) is 0 Å². The van der Waals surface area contributed by atoms with Crippen LogP contribution in [0.3, 0.4) is 0 Å². The maximum atomic E-state index is 14.3. The van der Waals surface area contributed by atoms with E-state index >= 15 is 0 Å². The molecule has 0 heterocycles. The largest absolute Gasteiger partial charge is 0.497 e. The lowest BCUT2D eigenvalue weighted by Gasteiger charge is -2.12. The van der Waals surface area contributed by atoms with Gasteiger partial charge in [-0.25, -0.2) is 4.39 Å². The second-order valence-electron chi connectivity index (χ2n) is 4.66. The summed E-state index contributed by atoms with van der Waals surface area (Å²) in [6.45, 7) is 3.54. The summed E-state index contributed by atoms with van der Waals surface area (Å²) in [5.41, 5.74) is 2.16. The van der Waals surface area contributed by atoms with Gasteiger partial charge in [-0.2, -0.15) is 0 Å². The molecule has 0 atom stereocenters. The van der Waals surface area contributed by atoms with Crippen LogP contribution < -0.4 is 14.8 Å². The first-order chi connectivity index (χ1) is 10.2. The number of hydrogen-bond acceptors (Lipinski definition) is 3. The summed E-state index contributed by atoms with van der Waals surface area (Å²) in [5.74, 6) is 1.02. The SMILES string of the molecule is CCNCc1ccc(-c2ccc(OC)cc2OC)c(F)c1. The minimum atomic E-state index is -0.256. The molecule has 0 bridgehead atoms. The van der Waals surface area contributed by atoms with Crippen LogP contribution in [0.4, 0.5) is 4.39 Å². The molecule has 0 radical (unpaired) electrons. The standard InChI is InChI=1S/C17H20FNO2/c1-4-19-11-12-5-7-14(16(18)9-12)15-8-6-13(20-2)10-17(15)21-3/h5-10,19H,4,11H2,1-3H3. The van der Waals surface area contributed by atoms with Crippen LogP contribution in [0.15, 0.2) is 36.4 Å². The molecule has 0 aliphatic rings. The van der Waals surface area contributed by atoms with Crippen LogP contribution in [0.2, 0.25) is 0 Å². The normalized spacial score (nSPS) is 10.5. The maximum Gasteiger partial charge on any atom is 0.131 e. The Labute approximate surface area is 124 Å². The summed E-state index contributed by atoms with van der Waals surface area (Å²) in [6.07, 6.45) is 0. The molecule has 0 saturated heterocycles.